The van der Waals surface area contributed by atoms with Crippen LogP contribution in [0.25, 0.3) is 5.69 Å². The molecule has 0 fully saturated rings. The molecule has 0 radical (unpaired) electrons. The van der Waals surface area contributed by atoms with Crippen LogP contribution in [0.1, 0.15) is 16.8 Å². The van der Waals surface area contributed by atoms with Crippen LogP contribution >= 0.6 is 11.6 Å². The summed E-state index contributed by atoms with van der Waals surface area (Å²) < 4.78 is 1.46. The van der Waals surface area contributed by atoms with E-state index in [1.807, 2.05) is 32.0 Å². The average Bonchev–Trinajstić information content (AvgIpc) is 2.64. The van der Waals surface area contributed by atoms with Crippen LogP contribution in [0.4, 0.5) is 0 Å². The van der Waals surface area contributed by atoms with Crippen LogP contribution < -0.4 is 0 Å². The Morgan fingerprint density at radius 2 is 2.11 bits per heavy atom. The van der Waals surface area contributed by atoms with Gasteiger partial charge in [0.2, 0.25) is 0 Å². The quantitative estimate of drug-likeness (QED) is 0.923. The van der Waals surface area contributed by atoms with E-state index >= 15 is 0 Å². The van der Waals surface area contributed by atoms with E-state index in [9.17, 15) is 4.79 Å². The lowest BCUT2D eigenvalue weighted by Gasteiger charge is -2.07. The zero-order chi connectivity index (χ0) is 13.3. The average molecular weight is 266 g/mol. The molecular formula is C12H12ClN3O2. The first kappa shape index (κ1) is 12.6. The molecule has 2 rings (SSSR count). The number of carboxylic acids is 1. The van der Waals surface area contributed by atoms with Gasteiger partial charge in [-0.25, -0.2) is 4.68 Å². The highest BCUT2D eigenvalue weighted by Gasteiger charge is 2.15. The molecule has 0 amide bonds. The van der Waals surface area contributed by atoms with Gasteiger partial charge < -0.3 is 5.11 Å². The second-order valence-electron chi connectivity index (χ2n) is 4.08. The Hall–Kier alpha value is -1.88. The van der Waals surface area contributed by atoms with Crippen molar-refractivity contribution in [2.75, 3.05) is 0 Å². The molecule has 0 unspecified atom stereocenters. The van der Waals surface area contributed by atoms with Gasteiger partial charge in [-0.1, -0.05) is 22.9 Å². The fourth-order valence-corrected chi connectivity index (χ4v) is 1.82. The highest BCUT2D eigenvalue weighted by molar-refractivity contribution is 6.30. The van der Waals surface area contributed by atoms with Crippen LogP contribution in [-0.2, 0) is 11.2 Å². The normalized spacial score (nSPS) is 10.6. The van der Waals surface area contributed by atoms with Crippen LogP contribution in [0.15, 0.2) is 18.2 Å². The topological polar surface area (TPSA) is 68.0 Å². The van der Waals surface area contributed by atoms with E-state index in [1.165, 1.54) is 4.68 Å². The third-order valence-electron chi connectivity index (χ3n) is 2.77. The van der Waals surface area contributed by atoms with Crippen LogP contribution in [0.3, 0.4) is 0 Å². The molecule has 2 aromatic rings. The van der Waals surface area contributed by atoms with Gasteiger partial charge in [0.05, 0.1) is 17.8 Å². The minimum absolute atomic E-state index is 0.121. The molecule has 0 atom stereocenters. The number of aromatic nitrogens is 3. The molecule has 0 aliphatic heterocycles. The number of halogens is 1. The Morgan fingerprint density at radius 3 is 2.72 bits per heavy atom. The second-order valence-corrected chi connectivity index (χ2v) is 4.44. The van der Waals surface area contributed by atoms with E-state index in [2.05, 4.69) is 10.3 Å². The largest absolute Gasteiger partial charge is 0.481 e. The maximum atomic E-state index is 10.8. The van der Waals surface area contributed by atoms with Crippen molar-refractivity contribution in [1.29, 1.82) is 0 Å². The molecule has 18 heavy (non-hydrogen) atoms. The van der Waals surface area contributed by atoms with Crippen LogP contribution in [-0.4, -0.2) is 26.1 Å². The second kappa shape index (κ2) is 4.78. The third-order valence-corrected chi connectivity index (χ3v) is 3.06. The summed E-state index contributed by atoms with van der Waals surface area (Å²) in [6, 6.07) is 5.73. The summed E-state index contributed by atoms with van der Waals surface area (Å²) in [4.78, 5) is 10.8. The number of benzene rings is 1. The van der Waals surface area contributed by atoms with Gasteiger partial charge in [-0.15, -0.1) is 5.10 Å². The monoisotopic (exact) mass is 265 g/mol. The fourth-order valence-electron chi connectivity index (χ4n) is 1.64. The van der Waals surface area contributed by atoms with E-state index in [0.717, 1.165) is 16.8 Å². The molecule has 0 saturated carbocycles. The molecule has 1 aromatic heterocycles. The van der Waals surface area contributed by atoms with Crippen molar-refractivity contribution >= 4 is 17.6 Å². The van der Waals surface area contributed by atoms with Crippen LogP contribution in [0.2, 0.25) is 5.15 Å². The molecule has 0 bridgehead atoms. The number of carbonyl (C=O) groups is 1. The van der Waals surface area contributed by atoms with Gasteiger partial charge in [0.1, 0.15) is 0 Å². The summed E-state index contributed by atoms with van der Waals surface area (Å²) >= 11 is 5.85. The summed E-state index contributed by atoms with van der Waals surface area (Å²) in [7, 11) is 0. The Morgan fingerprint density at radius 1 is 1.39 bits per heavy atom. The Labute approximate surface area is 109 Å². The number of hydrogen-bond acceptors (Lipinski definition) is 3. The summed E-state index contributed by atoms with van der Waals surface area (Å²) in [5.41, 5.74) is 3.39. The molecule has 0 saturated heterocycles. The van der Waals surface area contributed by atoms with E-state index in [-0.39, 0.29) is 11.6 Å². The minimum atomic E-state index is -0.968. The Kier molecular flexibility index (Phi) is 3.34. The smallest absolute Gasteiger partial charge is 0.309 e. The van der Waals surface area contributed by atoms with Gasteiger partial charge in [0, 0.05) is 0 Å². The van der Waals surface area contributed by atoms with E-state index in [0.29, 0.717) is 5.69 Å². The molecular weight excluding hydrogens is 254 g/mol. The fraction of sp³-hybridized carbons (Fsp3) is 0.250. The van der Waals surface area contributed by atoms with Crippen molar-refractivity contribution < 1.29 is 9.90 Å². The van der Waals surface area contributed by atoms with Gasteiger partial charge in [-0.2, -0.15) is 0 Å². The predicted molar refractivity (Wildman–Crippen MR) is 67.2 cm³/mol. The summed E-state index contributed by atoms with van der Waals surface area (Å²) in [5, 5.41) is 16.6. The number of rotatable bonds is 3. The third kappa shape index (κ3) is 2.36. The predicted octanol–water partition coefficient (Wildman–Crippen LogP) is 2.16. The standard InChI is InChI=1S/C12H12ClN3O2/c1-7-3-4-9(5-8(7)2)16-10(6-11(17)18)12(13)14-15-16/h3-5H,6H2,1-2H3,(H,17,18). The van der Waals surface area contributed by atoms with Gasteiger partial charge in [-0.3, -0.25) is 4.79 Å². The maximum absolute atomic E-state index is 10.8. The van der Waals surface area contributed by atoms with Gasteiger partial charge in [0.25, 0.3) is 0 Å². The number of hydrogen-bond donors (Lipinski definition) is 1. The van der Waals surface area contributed by atoms with E-state index in [1.54, 1.807) is 0 Å². The van der Waals surface area contributed by atoms with Gasteiger partial charge in [-0.05, 0) is 37.1 Å². The first-order valence-corrected chi connectivity index (χ1v) is 5.76. The van der Waals surface area contributed by atoms with Crippen molar-refractivity contribution in [3.8, 4) is 5.69 Å². The Bertz CT molecular complexity index is 607. The summed E-state index contributed by atoms with van der Waals surface area (Å²) in [5.74, 6) is -0.968. The molecule has 1 aromatic carbocycles. The van der Waals surface area contributed by atoms with Gasteiger partial charge in [0.15, 0.2) is 5.15 Å². The molecule has 94 valence electrons. The highest BCUT2D eigenvalue weighted by Crippen LogP contribution is 2.19. The lowest BCUT2D eigenvalue weighted by Crippen LogP contribution is -2.08. The molecule has 5 nitrogen and oxygen atoms in total. The van der Waals surface area contributed by atoms with E-state index in [4.69, 9.17) is 16.7 Å². The lowest BCUT2D eigenvalue weighted by molar-refractivity contribution is -0.136. The zero-order valence-corrected chi connectivity index (χ0v) is 10.8. The van der Waals surface area contributed by atoms with Crippen molar-refractivity contribution in [3.63, 3.8) is 0 Å². The lowest BCUT2D eigenvalue weighted by atomic mass is 10.1. The Balaban J connectivity index is 2.50. The molecule has 1 N–H and O–H groups in total. The zero-order valence-electron chi connectivity index (χ0n) is 10.0. The number of aryl methyl sites for hydroxylation is 2. The van der Waals surface area contributed by atoms with E-state index < -0.39 is 5.97 Å². The molecule has 0 aliphatic carbocycles. The van der Waals surface area contributed by atoms with Crippen molar-refractivity contribution in [2.24, 2.45) is 0 Å². The first-order valence-electron chi connectivity index (χ1n) is 5.38. The molecule has 1 heterocycles. The van der Waals surface area contributed by atoms with Crippen LogP contribution in [0, 0.1) is 13.8 Å². The molecule has 6 heteroatoms. The maximum Gasteiger partial charge on any atom is 0.309 e. The summed E-state index contributed by atoms with van der Waals surface area (Å²) in [6.45, 7) is 3.99. The SMILES string of the molecule is Cc1ccc(-n2nnc(Cl)c2CC(=O)O)cc1C. The molecule has 0 aliphatic rings. The summed E-state index contributed by atoms with van der Waals surface area (Å²) in [6.07, 6.45) is -0.210. The minimum Gasteiger partial charge on any atom is -0.481 e. The van der Waals surface area contributed by atoms with Crippen molar-refractivity contribution in [2.45, 2.75) is 20.3 Å². The number of aliphatic carboxylic acids is 1. The number of nitrogens with zero attached hydrogens (tertiary/aromatic N) is 3. The van der Waals surface area contributed by atoms with Gasteiger partial charge >= 0.3 is 5.97 Å². The highest BCUT2D eigenvalue weighted by atomic mass is 35.5. The molecule has 0 spiro atoms. The van der Waals surface area contributed by atoms with Crippen molar-refractivity contribution in [1.82, 2.24) is 15.0 Å². The van der Waals surface area contributed by atoms with Crippen molar-refractivity contribution in [3.05, 3.63) is 40.2 Å². The number of carboxylic acid groups (broad SMARTS) is 1. The first-order chi connectivity index (χ1) is 8.49. The van der Waals surface area contributed by atoms with Crippen LogP contribution in [0.5, 0.6) is 0 Å².